The number of amides is 1. The average Bonchev–Trinajstić information content (AvgIpc) is 3.38. The summed E-state index contributed by atoms with van der Waals surface area (Å²) in [7, 11) is 3.14. The molecular weight excluding hydrogens is 657 g/mol. The van der Waals surface area contributed by atoms with Crippen molar-refractivity contribution in [3.63, 3.8) is 0 Å². The molecule has 1 aromatic heterocycles. The molecule has 0 spiro atoms. The molecule has 6 rings (SSSR count). The van der Waals surface area contributed by atoms with E-state index < -0.39 is 6.04 Å². The van der Waals surface area contributed by atoms with Gasteiger partial charge in [0.2, 0.25) is 0 Å². The third-order valence-electron chi connectivity index (χ3n) is 7.59. The third kappa shape index (κ3) is 6.83. The smallest absolute Gasteiger partial charge is 0.271 e. The van der Waals surface area contributed by atoms with Crippen LogP contribution in [0.3, 0.4) is 0 Å². The van der Waals surface area contributed by atoms with Gasteiger partial charge in [-0.25, -0.2) is 4.99 Å². The Balaban J connectivity index is 1.37. The van der Waals surface area contributed by atoms with Gasteiger partial charge in [0.05, 0.1) is 46.1 Å². The van der Waals surface area contributed by atoms with Crippen molar-refractivity contribution in [2.75, 3.05) is 19.5 Å². The highest BCUT2D eigenvalue weighted by molar-refractivity contribution is 7.07. The summed E-state index contributed by atoms with van der Waals surface area (Å²) in [6.45, 7) is 2.05. The third-order valence-corrected chi connectivity index (χ3v) is 9.32. The Kier molecular flexibility index (Phi) is 9.49. The largest absolute Gasteiger partial charge is 0.497 e. The van der Waals surface area contributed by atoms with Crippen molar-refractivity contribution in [1.29, 1.82) is 0 Å². The molecule has 238 valence electrons. The Labute approximate surface area is 284 Å². The van der Waals surface area contributed by atoms with Gasteiger partial charge >= 0.3 is 0 Å². The molecule has 8 nitrogen and oxygen atoms in total. The van der Waals surface area contributed by atoms with Gasteiger partial charge in [0.25, 0.3) is 11.5 Å². The first kappa shape index (κ1) is 32.1. The normalized spacial score (nSPS) is 14.3. The number of thiazole rings is 1. The number of hydrogen-bond donors (Lipinski definition) is 1. The fourth-order valence-electron chi connectivity index (χ4n) is 5.27. The van der Waals surface area contributed by atoms with Crippen molar-refractivity contribution >= 4 is 52.2 Å². The molecule has 5 aromatic rings. The lowest BCUT2D eigenvalue weighted by atomic mass is 9.95. The number of aromatic nitrogens is 1. The van der Waals surface area contributed by atoms with Crippen molar-refractivity contribution in [2.45, 2.75) is 19.6 Å². The van der Waals surface area contributed by atoms with E-state index in [-0.39, 0.29) is 18.1 Å². The lowest BCUT2D eigenvalue weighted by molar-refractivity contribution is -0.113. The van der Waals surface area contributed by atoms with E-state index in [1.807, 2.05) is 66.7 Å². The first-order valence-corrected chi connectivity index (χ1v) is 16.1. The summed E-state index contributed by atoms with van der Waals surface area (Å²) in [5.74, 6) is 1.35. The van der Waals surface area contributed by atoms with E-state index in [0.29, 0.717) is 53.6 Å². The highest BCUT2D eigenvalue weighted by Gasteiger charge is 2.32. The quantitative estimate of drug-likeness (QED) is 0.185. The van der Waals surface area contributed by atoms with Crippen molar-refractivity contribution in [1.82, 2.24) is 4.57 Å². The predicted octanol–water partition coefficient (Wildman–Crippen LogP) is 6.78. The Morgan fingerprint density at radius 1 is 0.936 bits per heavy atom. The molecule has 1 aliphatic rings. The number of nitrogens with one attached hydrogen (secondary N) is 1. The zero-order valence-electron chi connectivity index (χ0n) is 25.6. The highest BCUT2D eigenvalue weighted by Crippen LogP contribution is 2.33. The number of methoxy groups -OCH3 is 2. The van der Waals surface area contributed by atoms with E-state index in [0.717, 1.165) is 16.7 Å². The van der Waals surface area contributed by atoms with Gasteiger partial charge < -0.3 is 19.5 Å². The number of carbonyl (C=O) groups excluding carboxylic acids is 1. The summed E-state index contributed by atoms with van der Waals surface area (Å²) >= 11 is 13.4. The van der Waals surface area contributed by atoms with Gasteiger partial charge in [-0.1, -0.05) is 77.0 Å². The first-order chi connectivity index (χ1) is 22.7. The molecule has 0 fully saturated rings. The number of fused-ring (bicyclic) bond motifs is 1. The minimum atomic E-state index is -0.713. The molecule has 4 aromatic carbocycles. The molecular formula is C36H29Cl2N3O5S. The number of carbonyl (C=O) groups is 1. The van der Waals surface area contributed by atoms with E-state index in [9.17, 15) is 9.59 Å². The second-order valence-electron chi connectivity index (χ2n) is 10.6. The molecule has 1 atom stereocenters. The SMILES string of the molecule is COc1ccc([C@@H]2C(C(=O)Nc3ccccc3)=C(C)N=c3s/c(=C/c4ccc(OCc5ccc(Cl)c(Cl)c5)c(OC)c4)c(=O)n32)cc1. The molecule has 0 radical (unpaired) electrons. The van der Waals surface area contributed by atoms with Crippen LogP contribution in [0.5, 0.6) is 17.2 Å². The summed E-state index contributed by atoms with van der Waals surface area (Å²) in [6, 6.07) is 26.5. The lowest BCUT2D eigenvalue weighted by Gasteiger charge is -2.25. The van der Waals surface area contributed by atoms with Crippen LogP contribution in [0, 0.1) is 0 Å². The number of anilines is 1. The van der Waals surface area contributed by atoms with Gasteiger partial charge in [0.1, 0.15) is 12.4 Å². The van der Waals surface area contributed by atoms with E-state index in [4.69, 9.17) is 42.4 Å². The number of halogens is 2. The molecule has 0 unspecified atom stereocenters. The van der Waals surface area contributed by atoms with Crippen LogP contribution in [0.4, 0.5) is 5.69 Å². The number of hydrogen-bond acceptors (Lipinski definition) is 7. The number of benzene rings is 4. The zero-order valence-corrected chi connectivity index (χ0v) is 28.0. The van der Waals surface area contributed by atoms with Crippen molar-refractivity contribution in [3.05, 3.63) is 149 Å². The second kappa shape index (κ2) is 13.9. The Morgan fingerprint density at radius 2 is 1.70 bits per heavy atom. The van der Waals surface area contributed by atoms with E-state index in [1.54, 1.807) is 56.1 Å². The highest BCUT2D eigenvalue weighted by atomic mass is 35.5. The first-order valence-electron chi connectivity index (χ1n) is 14.5. The van der Waals surface area contributed by atoms with Crippen molar-refractivity contribution in [2.24, 2.45) is 4.99 Å². The fourth-order valence-corrected chi connectivity index (χ4v) is 6.64. The summed E-state index contributed by atoms with van der Waals surface area (Å²) in [4.78, 5) is 33.1. The van der Waals surface area contributed by atoms with E-state index in [2.05, 4.69) is 5.32 Å². The maximum absolute atomic E-state index is 14.1. The van der Waals surface area contributed by atoms with Gasteiger partial charge in [-0.3, -0.25) is 14.2 Å². The van der Waals surface area contributed by atoms with Gasteiger partial charge in [0, 0.05) is 5.69 Å². The van der Waals surface area contributed by atoms with Gasteiger partial charge in [-0.15, -0.1) is 0 Å². The van der Waals surface area contributed by atoms with Crippen LogP contribution in [0.1, 0.15) is 29.7 Å². The molecule has 1 N–H and O–H groups in total. The van der Waals surface area contributed by atoms with Gasteiger partial charge in [-0.2, -0.15) is 0 Å². The Bertz CT molecular complexity index is 2180. The average molecular weight is 687 g/mol. The van der Waals surface area contributed by atoms with E-state index >= 15 is 0 Å². The second-order valence-corrected chi connectivity index (χ2v) is 12.4. The topological polar surface area (TPSA) is 91.2 Å². The van der Waals surface area contributed by atoms with Crippen LogP contribution in [-0.2, 0) is 11.4 Å². The summed E-state index contributed by atoms with van der Waals surface area (Å²) in [5.41, 5.74) is 3.60. The molecule has 11 heteroatoms. The summed E-state index contributed by atoms with van der Waals surface area (Å²) < 4.78 is 19.0. The number of allylic oxidation sites excluding steroid dienone is 1. The zero-order chi connectivity index (χ0) is 33.1. The predicted molar refractivity (Wildman–Crippen MR) is 186 cm³/mol. The number of para-hydroxylation sites is 1. The Hall–Kier alpha value is -4.83. The minimum absolute atomic E-state index is 0.260. The standard InChI is InChI=1S/C36H29Cl2N3O5S/c1-21-32(34(42)40-25-7-5-4-6-8-25)33(24-11-13-26(44-2)14-12-24)41-35(43)31(47-36(41)39-21)19-22-10-16-29(30(18-22)45-3)46-20-23-9-15-27(37)28(38)17-23/h4-19,33H,20H2,1-3H3,(H,40,42)/b31-19+/t33-/m1/s1. The van der Waals surface area contributed by atoms with Crippen LogP contribution in [0.15, 0.2) is 112 Å². The molecule has 0 saturated heterocycles. The molecule has 47 heavy (non-hydrogen) atoms. The lowest BCUT2D eigenvalue weighted by Crippen LogP contribution is -2.40. The van der Waals surface area contributed by atoms with Crippen LogP contribution in [-0.4, -0.2) is 24.7 Å². The number of rotatable bonds is 9. The Morgan fingerprint density at radius 3 is 2.40 bits per heavy atom. The molecule has 0 saturated carbocycles. The molecule has 0 aliphatic carbocycles. The summed E-state index contributed by atoms with van der Waals surface area (Å²) in [6.07, 6.45) is 1.78. The van der Waals surface area contributed by atoms with Crippen LogP contribution in [0.2, 0.25) is 10.0 Å². The van der Waals surface area contributed by atoms with E-state index in [1.165, 1.54) is 11.3 Å². The van der Waals surface area contributed by atoms with Crippen LogP contribution in [0.25, 0.3) is 6.08 Å². The molecule has 2 heterocycles. The van der Waals surface area contributed by atoms with Crippen LogP contribution >= 0.6 is 34.5 Å². The number of ether oxygens (including phenoxy) is 3. The minimum Gasteiger partial charge on any atom is -0.497 e. The molecule has 0 bridgehead atoms. The molecule has 1 amide bonds. The van der Waals surface area contributed by atoms with Crippen LogP contribution < -0.4 is 34.4 Å². The van der Waals surface area contributed by atoms with Crippen molar-refractivity contribution < 1.29 is 19.0 Å². The van der Waals surface area contributed by atoms with Gasteiger partial charge in [0.15, 0.2) is 16.3 Å². The monoisotopic (exact) mass is 685 g/mol. The van der Waals surface area contributed by atoms with Crippen molar-refractivity contribution in [3.8, 4) is 17.2 Å². The maximum Gasteiger partial charge on any atom is 0.271 e. The maximum atomic E-state index is 14.1. The summed E-state index contributed by atoms with van der Waals surface area (Å²) in [5, 5.41) is 3.89. The molecule has 1 aliphatic heterocycles. The van der Waals surface area contributed by atoms with Gasteiger partial charge in [-0.05, 0) is 78.2 Å². The number of nitrogens with zero attached hydrogens (tertiary/aromatic N) is 2. The fraction of sp³-hybridized carbons (Fsp3) is 0.139.